The molecular weight excluding hydrogens is 226 g/mol. The molecule has 2 unspecified atom stereocenters. The van der Waals surface area contributed by atoms with Crippen molar-refractivity contribution in [3.8, 4) is 6.07 Å². The van der Waals surface area contributed by atoms with E-state index in [4.69, 9.17) is 11.0 Å². The second-order valence-electron chi connectivity index (χ2n) is 4.53. The number of nitrogens with two attached hydrogens (primary N) is 1. The van der Waals surface area contributed by atoms with Gasteiger partial charge in [0, 0.05) is 19.0 Å². The number of amides is 1. The van der Waals surface area contributed by atoms with E-state index in [0.29, 0.717) is 24.9 Å². The maximum Gasteiger partial charge on any atom is 0.223 e. The summed E-state index contributed by atoms with van der Waals surface area (Å²) < 4.78 is 0. The minimum absolute atomic E-state index is 0.0999. The number of nitriles is 1. The second-order valence-corrected chi connectivity index (χ2v) is 4.53. The highest BCUT2D eigenvalue weighted by molar-refractivity contribution is 5.78. The Morgan fingerprint density at radius 3 is 2.89 bits per heavy atom. The number of carbonyl (C=O) groups excluding carboxylic acids is 1. The van der Waals surface area contributed by atoms with Gasteiger partial charge in [-0.25, -0.2) is 0 Å². The summed E-state index contributed by atoms with van der Waals surface area (Å²) in [5, 5.41) is 9.17. The first kappa shape index (κ1) is 12.6. The Morgan fingerprint density at radius 2 is 2.22 bits per heavy atom. The van der Waals surface area contributed by atoms with Crippen LogP contribution in [0.3, 0.4) is 0 Å². The molecule has 4 heteroatoms. The number of likely N-dealkylation sites (tertiary alicyclic amines) is 1. The lowest BCUT2D eigenvalue weighted by Gasteiger charge is -2.39. The zero-order chi connectivity index (χ0) is 13.1. The minimum Gasteiger partial charge on any atom is -0.334 e. The van der Waals surface area contributed by atoms with E-state index in [2.05, 4.69) is 6.07 Å². The maximum absolute atomic E-state index is 11.9. The summed E-state index contributed by atoms with van der Waals surface area (Å²) >= 11 is 0. The predicted molar refractivity (Wildman–Crippen MR) is 68.5 cm³/mol. The molecule has 1 aliphatic heterocycles. The van der Waals surface area contributed by atoms with E-state index in [1.54, 1.807) is 11.0 Å². The van der Waals surface area contributed by atoms with Crippen molar-refractivity contribution < 1.29 is 4.79 Å². The lowest BCUT2D eigenvalue weighted by Crippen LogP contribution is -2.48. The second kappa shape index (κ2) is 5.19. The van der Waals surface area contributed by atoms with E-state index < -0.39 is 0 Å². The molecule has 94 valence electrons. The standard InChI is InChI=1S/C14H17N3O/c1-2-17-13(18)8-7-12(16)14(17)11-6-4-3-5-10(11)9-15/h3-6,12,14H,2,7-8,16H2,1H3. The van der Waals surface area contributed by atoms with Crippen LogP contribution in [-0.4, -0.2) is 23.4 Å². The van der Waals surface area contributed by atoms with Crippen molar-refractivity contribution in [2.75, 3.05) is 6.54 Å². The normalized spacial score (nSPS) is 23.8. The first-order valence-corrected chi connectivity index (χ1v) is 6.23. The fraction of sp³-hybridized carbons (Fsp3) is 0.429. The van der Waals surface area contributed by atoms with Gasteiger partial charge in [0.15, 0.2) is 0 Å². The van der Waals surface area contributed by atoms with Crippen LogP contribution in [0.1, 0.15) is 36.9 Å². The Labute approximate surface area is 107 Å². The van der Waals surface area contributed by atoms with Gasteiger partial charge >= 0.3 is 0 Å². The summed E-state index contributed by atoms with van der Waals surface area (Å²) in [4.78, 5) is 13.7. The van der Waals surface area contributed by atoms with Gasteiger partial charge in [0.25, 0.3) is 0 Å². The first-order valence-electron chi connectivity index (χ1n) is 6.23. The summed E-state index contributed by atoms with van der Waals surface area (Å²) in [5.41, 5.74) is 7.63. The third kappa shape index (κ3) is 2.09. The zero-order valence-corrected chi connectivity index (χ0v) is 10.5. The molecule has 1 aromatic carbocycles. The van der Waals surface area contributed by atoms with E-state index in [9.17, 15) is 4.79 Å². The van der Waals surface area contributed by atoms with Crippen LogP contribution in [0.2, 0.25) is 0 Å². The summed E-state index contributed by atoms with van der Waals surface area (Å²) in [6.45, 7) is 2.56. The number of hydrogen-bond acceptors (Lipinski definition) is 3. The van der Waals surface area contributed by atoms with Gasteiger partial charge in [0.05, 0.1) is 17.7 Å². The maximum atomic E-state index is 11.9. The Hall–Kier alpha value is -1.86. The molecule has 0 radical (unpaired) electrons. The van der Waals surface area contributed by atoms with Gasteiger partial charge in [-0.15, -0.1) is 0 Å². The van der Waals surface area contributed by atoms with Gasteiger partial charge in [-0.1, -0.05) is 18.2 Å². The van der Waals surface area contributed by atoms with E-state index in [1.807, 2.05) is 25.1 Å². The first-order chi connectivity index (χ1) is 8.69. The minimum atomic E-state index is -0.174. The molecule has 18 heavy (non-hydrogen) atoms. The molecule has 1 heterocycles. The van der Waals surface area contributed by atoms with Gasteiger partial charge in [-0.2, -0.15) is 5.26 Å². The highest BCUT2D eigenvalue weighted by atomic mass is 16.2. The Bertz CT molecular complexity index is 492. The van der Waals surface area contributed by atoms with E-state index >= 15 is 0 Å². The molecule has 1 aromatic rings. The van der Waals surface area contributed by atoms with Gasteiger partial charge in [0.1, 0.15) is 0 Å². The van der Waals surface area contributed by atoms with Gasteiger partial charge in [0.2, 0.25) is 5.91 Å². The van der Waals surface area contributed by atoms with Crippen molar-refractivity contribution in [2.24, 2.45) is 5.73 Å². The Balaban J connectivity index is 2.45. The van der Waals surface area contributed by atoms with Crippen molar-refractivity contribution in [1.29, 1.82) is 5.26 Å². The van der Waals surface area contributed by atoms with E-state index in [0.717, 1.165) is 5.56 Å². The molecular formula is C14H17N3O. The number of likely N-dealkylation sites (N-methyl/N-ethyl adjacent to an activating group) is 1. The van der Waals surface area contributed by atoms with Crippen LogP contribution >= 0.6 is 0 Å². The van der Waals surface area contributed by atoms with Crippen LogP contribution < -0.4 is 5.73 Å². The number of nitrogens with zero attached hydrogens (tertiary/aromatic N) is 2. The Morgan fingerprint density at radius 1 is 1.50 bits per heavy atom. The monoisotopic (exact) mass is 243 g/mol. The van der Waals surface area contributed by atoms with Gasteiger partial charge in [-0.05, 0) is 25.0 Å². The highest BCUT2D eigenvalue weighted by Gasteiger charge is 2.34. The third-order valence-corrected chi connectivity index (χ3v) is 3.49. The molecule has 0 saturated carbocycles. The van der Waals surface area contributed by atoms with Gasteiger partial charge in [-0.3, -0.25) is 4.79 Å². The lowest BCUT2D eigenvalue weighted by atomic mass is 9.88. The lowest BCUT2D eigenvalue weighted by molar-refractivity contribution is -0.137. The van der Waals surface area contributed by atoms with E-state index in [1.165, 1.54) is 0 Å². The van der Waals surface area contributed by atoms with Crippen LogP contribution in [0.25, 0.3) is 0 Å². The fourth-order valence-corrected chi connectivity index (χ4v) is 2.61. The predicted octanol–water partition coefficient (Wildman–Crippen LogP) is 1.57. The number of carbonyl (C=O) groups is 1. The average Bonchev–Trinajstić information content (AvgIpc) is 2.41. The molecule has 4 nitrogen and oxygen atoms in total. The van der Waals surface area contributed by atoms with Gasteiger partial charge < -0.3 is 10.6 Å². The van der Waals surface area contributed by atoms with Crippen LogP contribution in [0.4, 0.5) is 0 Å². The SMILES string of the molecule is CCN1C(=O)CCC(N)C1c1ccccc1C#N. The molecule has 2 atom stereocenters. The zero-order valence-electron chi connectivity index (χ0n) is 10.5. The smallest absolute Gasteiger partial charge is 0.223 e. The summed E-state index contributed by atoms with van der Waals surface area (Å²) in [6, 6.07) is 9.28. The Kier molecular flexibility index (Phi) is 3.63. The summed E-state index contributed by atoms with van der Waals surface area (Å²) in [5.74, 6) is 0.122. The van der Waals surface area contributed by atoms with Crippen molar-refractivity contribution in [3.63, 3.8) is 0 Å². The molecule has 0 bridgehead atoms. The molecule has 2 N–H and O–H groups in total. The fourth-order valence-electron chi connectivity index (χ4n) is 2.61. The molecule has 1 saturated heterocycles. The largest absolute Gasteiger partial charge is 0.334 e. The highest BCUT2D eigenvalue weighted by Crippen LogP contribution is 2.32. The molecule has 0 spiro atoms. The van der Waals surface area contributed by atoms with Crippen molar-refractivity contribution in [3.05, 3.63) is 35.4 Å². The van der Waals surface area contributed by atoms with Crippen molar-refractivity contribution >= 4 is 5.91 Å². The number of piperidine rings is 1. The molecule has 0 aromatic heterocycles. The average molecular weight is 243 g/mol. The topological polar surface area (TPSA) is 70.1 Å². The summed E-state index contributed by atoms with van der Waals surface area (Å²) in [6.07, 6.45) is 1.18. The number of hydrogen-bond donors (Lipinski definition) is 1. The molecule has 0 aliphatic carbocycles. The quantitative estimate of drug-likeness (QED) is 0.857. The van der Waals surface area contributed by atoms with Crippen LogP contribution in [0, 0.1) is 11.3 Å². The van der Waals surface area contributed by atoms with Crippen molar-refractivity contribution in [1.82, 2.24) is 4.90 Å². The molecule has 1 fully saturated rings. The van der Waals surface area contributed by atoms with Crippen LogP contribution in [-0.2, 0) is 4.79 Å². The molecule has 1 aliphatic rings. The number of benzene rings is 1. The van der Waals surface area contributed by atoms with Crippen molar-refractivity contribution in [2.45, 2.75) is 31.8 Å². The van der Waals surface area contributed by atoms with E-state index in [-0.39, 0.29) is 18.0 Å². The molecule has 2 rings (SSSR count). The summed E-state index contributed by atoms with van der Waals surface area (Å²) in [7, 11) is 0. The third-order valence-electron chi connectivity index (χ3n) is 3.49. The van der Waals surface area contributed by atoms with Crippen LogP contribution in [0.15, 0.2) is 24.3 Å². The van der Waals surface area contributed by atoms with Crippen LogP contribution in [0.5, 0.6) is 0 Å². The molecule has 1 amide bonds. The number of rotatable bonds is 2.